The van der Waals surface area contributed by atoms with Gasteiger partial charge in [-0.25, -0.2) is 4.98 Å². The maximum Gasteiger partial charge on any atom is 0.109 e. The van der Waals surface area contributed by atoms with E-state index in [1.807, 2.05) is 18.2 Å². The number of para-hydroxylation sites is 4. The predicted octanol–water partition coefficient (Wildman–Crippen LogP) is 4.77. The van der Waals surface area contributed by atoms with Crippen molar-refractivity contribution in [3.8, 4) is 0 Å². The van der Waals surface area contributed by atoms with Crippen LogP contribution in [0.25, 0.3) is 32.8 Å². The van der Waals surface area contributed by atoms with Gasteiger partial charge in [-0.1, -0.05) is 55.5 Å². The highest BCUT2D eigenvalue weighted by Gasteiger charge is 2.16. The number of hydrogen-bond acceptors (Lipinski definition) is 2. The van der Waals surface area contributed by atoms with Crippen LogP contribution in [-0.2, 0) is 19.5 Å². The quantitative estimate of drug-likeness (QED) is 0.485. The number of imidazole rings is 1. The van der Waals surface area contributed by atoms with Gasteiger partial charge in [0.1, 0.15) is 5.82 Å². The van der Waals surface area contributed by atoms with Crippen LogP contribution in [0.4, 0.5) is 0 Å². The molecule has 0 amide bonds. The first-order valence-electron chi connectivity index (χ1n) is 9.84. The number of rotatable bonds is 5. The largest absolute Gasteiger partial charge is 0.389 e. The Kier molecular flexibility index (Phi) is 4.14. The Bertz CT molecular complexity index is 1230. The van der Waals surface area contributed by atoms with Gasteiger partial charge in [-0.2, -0.15) is 0 Å². The van der Waals surface area contributed by atoms with Gasteiger partial charge in [-0.3, -0.25) is 0 Å². The Labute approximate surface area is 163 Å². The van der Waals surface area contributed by atoms with Crippen molar-refractivity contribution >= 4 is 32.8 Å². The van der Waals surface area contributed by atoms with Crippen molar-refractivity contribution < 1.29 is 5.11 Å². The fourth-order valence-corrected chi connectivity index (χ4v) is 4.28. The highest BCUT2D eigenvalue weighted by Crippen LogP contribution is 2.29. The Morgan fingerprint density at radius 1 is 0.750 bits per heavy atom. The van der Waals surface area contributed by atoms with Crippen LogP contribution in [0.3, 0.4) is 0 Å². The third-order valence-corrected chi connectivity index (χ3v) is 5.52. The monoisotopic (exact) mass is 369 g/mol. The number of aromatic nitrogens is 3. The zero-order chi connectivity index (χ0) is 19.1. The maximum atomic E-state index is 11.0. The third-order valence-electron chi connectivity index (χ3n) is 5.52. The van der Waals surface area contributed by atoms with Gasteiger partial charge in [0.2, 0.25) is 0 Å². The summed E-state index contributed by atoms with van der Waals surface area (Å²) in [6.07, 6.45) is 0.332. The minimum absolute atomic E-state index is 0.512. The molecular formula is C24H23N3O. The van der Waals surface area contributed by atoms with E-state index in [-0.39, 0.29) is 0 Å². The molecule has 0 aliphatic rings. The summed E-state index contributed by atoms with van der Waals surface area (Å²) in [5, 5.41) is 13.5. The standard InChI is InChI=1S/C24H23N3O/c1-2-24-25-20-11-5-8-14-23(20)27(24)16-17(28)15-26-21-12-6-3-9-18(21)19-10-4-7-13-22(19)26/h3-14,17,28H,2,15-16H2,1H3/t17-/m0/s1. The molecule has 140 valence electrons. The number of aliphatic hydroxyl groups is 1. The molecule has 0 bridgehead atoms. The lowest BCUT2D eigenvalue weighted by Gasteiger charge is -2.16. The van der Waals surface area contributed by atoms with Crippen molar-refractivity contribution in [1.29, 1.82) is 0 Å². The molecule has 1 N–H and O–H groups in total. The van der Waals surface area contributed by atoms with E-state index < -0.39 is 6.10 Å². The molecule has 0 saturated heterocycles. The average molecular weight is 369 g/mol. The summed E-state index contributed by atoms with van der Waals surface area (Å²) in [6, 6.07) is 25.0. The number of benzene rings is 3. The number of fused-ring (bicyclic) bond motifs is 4. The van der Waals surface area contributed by atoms with Crippen molar-refractivity contribution in [3.05, 3.63) is 78.6 Å². The molecule has 0 aliphatic carbocycles. The van der Waals surface area contributed by atoms with Crippen molar-refractivity contribution in [1.82, 2.24) is 14.1 Å². The van der Waals surface area contributed by atoms with Crippen LogP contribution in [0.15, 0.2) is 72.8 Å². The second-order valence-corrected chi connectivity index (χ2v) is 7.28. The van der Waals surface area contributed by atoms with E-state index in [4.69, 9.17) is 4.98 Å². The predicted molar refractivity (Wildman–Crippen MR) is 115 cm³/mol. The SMILES string of the molecule is CCc1nc2ccccc2n1C[C@@H](O)Cn1c2ccccc2c2ccccc21. The van der Waals surface area contributed by atoms with Crippen LogP contribution in [0.2, 0.25) is 0 Å². The van der Waals surface area contributed by atoms with Crippen molar-refractivity contribution in [2.75, 3.05) is 0 Å². The van der Waals surface area contributed by atoms with Gasteiger partial charge in [0.25, 0.3) is 0 Å². The molecule has 5 rings (SSSR count). The lowest BCUT2D eigenvalue weighted by atomic mass is 10.2. The zero-order valence-corrected chi connectivity index (χ0v) is 15.9. The van der Waals surface area contributed by atoms with Crippen LogP contribution in [0.5, 0.6) is 0 Å². The fourth-order valence-electron chi connectivity index (χ4n) is 4.28. The topological polar surface area (TPSA) is 43.0 Å². The zero-order valence-electron chi connectivity index (χ0n) is 15.9. The molecule has 0 aliphatic heterocycles. The second kappa shape index (κ2) is 6.80. The summed E-state index contributed by atoms with van der Waals surface area (Å²) in [6.45, 7) is 3.19. The Morgan fingerprint density at radius 3 is 1.93 bits per heavy atom. The van der Waals surface area contributed by atoms with Crippen molar-refractivity contribution in [2.45, 2.75) is 32.5 Å². The normalized spacial score (nSPS) is 12.9. The summed E-state index contributed by atoms with van der Waals surface area (Å²) in [7, 11) is 0. The number of aryl methyl sites for hydroxylation is 1. The Balaban J connectivity index is 1.54. The van der Waals surface area contributed by atoms with E-state index in [1.54, 1.807) is 0 Å². The van der Waals surface area contributed by atoms with Crippen LogP contribution in [0, 0.1) is 0 Å². The minimum Gasteiger partial charge on any atom is -0.389 e. The van der Waals surface area contributed by atoms with Gasteiger partial charge in [0.05, 0.1) is 30.2 Å². The highest BCUT2D eigenvalue weighted by molar-refractivity contribution is 6.07. The van der Waals surface area contributed by atoms with E-state index in [1.165, 1.54) is 10.8 Å². The second-order valence-electron chi connectivity index (χ2n) is 7.28. The molecule has 4 nitrogen and oxygen atoms in total. The molecule has 0 fully saturated rings. The number of aliphatic hydroxyl groups excluding tert-OH is 1. The summed E-state index contributed by atoms with van der Waals surface area (Å²) in [5.41, 5.74) is 4.40. The number of hydrogen-bond donors (Lipinski definition) is 1. The van der Waals surface area contributed by atoms with Gasteiger partial charge in [0, 0.05) is 28.2 Å². The molecule has 0 radical (unpaired) electrons. The minimum atomic E-state index is -0.512. The molecular weight excluding hydrogens is 346 g/mol. The van der Waals surface area contributed by atoms with E-state index in [0.717, 1.165) is 34.3 Å². The molecule has 0 unspecified atom stereocenters. The van der Waals surface area contributed by atoms with Gasteiger partial charge in [-0.05, 0) is 24.3 Å². The van der Waals surface area contributed by atoms with Crippen molar-refractivity contribution in [3.63, 3.8) is 0 Å². The van der Waals surface area contributed by atoms with E-state index in [2.05, 4.69) is 70.7 Å². The molecule has 4 heteroatoms. The van der Waals surface area contributed by atoms with Gasteiger partial charge >= 0.3 is 0 Å². The first-order chi connectivity index (χ1) is 13.8. The van der Waals surface area contributed by atoms with E-state index in [9.17, 15) is 5.11 Å². The van der Waals surface area contributed by atoms with Crippen LogP contribution in [-0.4, -0.2) is 25.3 Å². The fraction of sp³-hybridized carbons (Fsp3) is 0.208. The number of nitrogens with zero attached hydrogens (tertiary/aromatic N) is 3. The molecule has 5 aromatic rings. The molecule has 0 saturated carbocycles. The molecule has 2 aromatic heterocycles. The smallest absolute Gasteiger partial charge is 0.109 e. The summed E-state index contributed by atoms with van der Waals surface area (Å²) >= 11 is 0. The van der Waals surface area contributed by atoms with E-state index >= 15 is 0 Å². The van der Waals surface area contributed by atoms with Gasteiger partial charge in [0.15, 0.2) is 0 Å². The first-order valence-corrected chi connectivity index (χ1v) is 9.84. The van der Waals surface area contributed by atoms with Crippen LogP contribution < -0.4 is 0 Å². The van der Waals surface area contributed by atoms with Gasteiger partial charge < -0.3 is 14.2 Å². The Hall–Kier alpha value is -3.11. The molecule has 0 spiro atoms. The maximum absolute atomic E-state index is 11.0. The van der Waals surface area contributed by atoms with Crippen molar-refractivity contribution in [2.24, 2.45) is 0 Å². The Morgan fingerprint density at radius 2 is 1.29 bits per heavy atom. The van der Waals surface area contributed by atoms with Crippen LogP contribution >= 0.6 is 0 Å². The molecule has 2 heterocycles. The van der Waals surface area contributed by atoms with Gasteiger partial charge in [-0.15, -0.1) is 0 Å². The van der Waals surface area contributed by atoms with Crippen LogP contribution in [0.1, 0.15) is 12.7 Å². The third kappa shape index (κ3) is 2.69. The summed E-state index contributed by atoms with van der Waals surface area (Å²) < 4.78 is 4.40. The molecule has 3 aromatic carbocycles. The summed E-state index contributed by atoms with van der Waals surface area (Å²) in [4.78, 5) is 4.73. The lowest BCUT2D eigenvalue weighted by Crippen LogP contribution is -2.23. The molecule has 28 heavy (non-hydrogen) atoms. The van der Waals surface area contributed by atoms with E-state index in [0.29, 0.717) is 13.1 Å². The summed E-state index contributed by atoms with van der Waals surface area (Å²) in [5.74, 6) is 1.02. The average Bonchev–Trinajstić information content (AvgIpc) is 3.25. The first kappa shape index (κ1) is 17.0. The molecule has 1 atom stereocenters. The highest BCUT2D eigenvalue weighted by atomic mass is 16.3. The lowest BCUT2D eigenvalue weighted by molar-refractivity contribution is 0.137.